The molecule has 0 atom stereocenters. The second-order valence-electron chi connectivity index (χ2n) is 2.98. The highest BCUT2D eigenvalue weighted by atomic mass is 15.0. The van der Waals surface area contributed by atoms with Gasteiger partial charge in [0.1, 0.15) is 6.33 Å². The Hall–Kier alpha value is -1.84. The number of aromatic nitrogens is 2. The van der Waals surface area contributed by atoms with Gasteiger partial charge in [-0.3, -0.25) is 4.99 Å². The van der Waals surface area contributed by atoms with Crippen molar-refractivity contribution in [3.8, 4) is 0 Å². The molecule has 13 heavy (non-hydrogen) atoms. The van der Waals surface area contributed by atoms with Gasteiger partial charge in [0.2, 0.25) is 0 Å². The summed E-state index contributed by atoms with van der Waals surface area (Å²) in [5, 5.41) is 0. The molecule has 0 unspecified atom stereocenters. The minimum Gasteiger partial charge on any atom is -0.262 e. The molecule has 0 N–H and O–H groups in total. The number of aliphatic imine (C=N–C) groups is 2. The Morgan fingerprint density at radius 2 is 2.31 bits per heavy atom. The molecule has 3 heterocycles. The molecular weight excluding hydrogens is 164 g/mol. The molecule has 0 saturated heterocycles. The standard InChI is InChI=1S/C9H6N4/c1-6-2-10-4-8(6)13-9-7(1)3-11-5-12-9/h2-5H,1H2. The normalized spacial score (nSPS) is 17.5. The van der Waals surface area contributed by atoms with Crippen LogP contribution in [0.1, 0.15) is 5.56 Å². The van der Waals surface area contributed by atoms with Gasteiger partial charge < -0.3 is 0 Å². The van der Waals surface area contributed by atoms with Crippen LogP contribution in [0.4, 0.5) is 5.82 Å². The molecule has 0 radical (unpaired) electrons. The van der Waals surface area contributed by atoms with Crippen LogP contribution in [0.3, 0.4) is 0 Å². The van der Waals surface area contributed by atoms with Crippen LogP contribution >= 0.6 is 0 Å². The average Bonchev–Trinajstić information content (AvgIpc) is 2.61. The zero-order chi connectivity index (χ0) is 8.67. The van der Waals surface area contributed by atoms with Gasteiger partial charge in [-0.15, -0.1) is 0 Å². The predicted molar refractivity (Wildman–Crippen MR) is 49.4 cm³/mol. The van der Waals surface area contributed by atoms with E-state index in [0.29, 0.717) is 0 Å². The lowest BCUT2D eigenvalue weighted by molar-refractivity contribution is 1.05. The number of nitrogens with zero attached hydrogens (tertiary/aromatic N) is 4. The Morgan fingerprint density at radius 1 is 1.31 bits per heavy atom. The maximum Gasteiger partial charge on any atom is 0.159 e. The largest absolute Gasteiger partial charge is 0.262 e. The van der Waals surface area contributed by atoms with E-state index >= 15 is 0 Å². The second-order valence-corrected chi connectivity index (χ2v) is 2.98. The Balaban J connectivity index is 2.21. The molecule has 0 amide bonds. The molecule has 0 bridgehead atoms. The van der Waals surface area contributed by atoms with Crippen LogP contribution < -0.4 is 0 Å². The fraction of sp³-hybridized carbons (Fsp3) is 0.111. The van der Waals surface area contributed by atoms with Crippen LogP contribution in [0.25, 0.3) is 0 Å². The summed E-state index contributed by atoms with van der Waals surface area (Å²) in [5.74, 6) is 0.774. The number of rotatable bonds is 0. The third-order valence-electron chi connectivity index (χ3n) is 2.13. The summed E-state index contributed by atoms with van der Waals surface area (Å²) < 4.78 is 0. The van der Waals surface area contributed by atoms with Gasteiger partial charge in [-0.1, -0.05) is 0 Å². The maximum atomic E-state index is 4.36. The first kappa shape index (κ1) is 6.65. The smallest absolute Gasteiger partial charge is 0.159 e. The van der Waals surface area contributed by atoms with Crippen molar-refractivity contribution in [3.63, 3.8) is 0 Å². The lowest BCUT2D eigenvalue weighted by Gasteiger charge is -2.11. The van der Waals surface area contributed by atoms with E-state index in [0.717, 1.165) is 29.1 Å². The first-order valence-electron chi connectivity index (χ1n) is 4.03. The highest BCUT2D eigenvalue weighted by molar-refractivity contribution is 6.40. The monoisotopic (exact) mass is 170 g/mol. The van der Waals surface area contributed by atoms with E-state index in [1.165, 1.54) is 6.33 Å². The molecule has 3 rings (SSSR count). The number of hydrogen-bond donors (Lipinski definition) is 0. The van der Waals surface area contributed by atoms with Crippen LogP contribution in [0.2, 0.25) is 0 Å². The number of allylic oxidation sites excluding steroid dienone is 1. The summed E-state index contributed by atoms with van der Waals surface area (Å²) in [6.07, 6.45) is 7.77. The van der Waals surface area contributed by atoms with Gasteiger partial charge in [0.05, 0.1) is 11.9 Å². The molecule has 0 spiro atoms. The van der Waals surface area contributed by atoms with Gasteiger partial charge >= 0.3 is 0 Å². The van der Waals surface area contributed by atoms with E-state index in [1.807, 2.05) is 12.4 Å². The first-order chi connectivity index (χ1) is 6.43. The minimum atomic E-state index is 0.774. The fourth-order valence-corrected chi connectivity index (χ4v) is 1.48. The van der Waals surface area contributed by atoms with Crippen molar-refractivity contribution < 1.29 is 0 Å². The van der Waals surface area contributed by atoms with Crippen LogP contribution in [0, 0.1) is 0 Å². The van der Waals surface area contributed by atoms with Gasteiger partial charge in [-0.05, 0) is 0 Å². The van der Waals surface area contributed by atoms with E-state index in [-0.39, 0.29) is 0 Å². The van der Waals surface area contributed by atoms with Crippen molar-refractivity contribution in [3.05, 3.63) is 29.9 Å². The zero-order valence-electron chi connectivity index (χ0n) is 6.81. The molecular formula is C9H6N4. The zero-order valence-corrected chi connectivity index (χ0v) is 6.81. The van der Waals surface area contributed by atoms with Crippen LogP contribution in [-0.4, -0.2) is 21.9 Å². The molecule has 1 aromatic rings. The van der Waals surface area contributed by atoms with Crippen molar-refractivity contribution in [1.29, 1.82) is 0 Å². The SMILES string of the molecule is C1=NC=C2Cc3cncnc3N=C12. The molecule has 1 aromatic heterocycles. The van der Waals surface area contributed by atoms with E-state index in [9.17, 15) is 0 Å². The lowest BCUT2D eigenvalue weighted by Crippen LogP contribution is -2.09. The molecule has 4 nitrogen and oxygen atoms in total. The Morgan fingerprint density at radius 3 is 3.31 bits per heavy atom. The van der Waals surface area contributed by atoms with Gasteiger partial charge in [0.25, 0.3) is 0 Å². The predicted octanol–water partition coefficient (Wildman–Crippen LogP) is 1.07. The van der Waals surface area contributed by atoms with Crippen molar-refractivity contribution in [2.75, 3.05) is 0 Å². The van der Waals surface area contributed by atoms with E-state index < -0.39 is 0 Å². The first-order valence-corrected chi connectivity index (χ1v) is 4.03. The highest BCUT2D eigenvalue weighted by Crippen LogP contribution is 2.26. The summed E-state index contributed by atoms with van der Waals surface area (Å²) in [4.78, 5) is 16.5. The van der Waals surface area contributed by atoms with E-state index in [2.05, 4.69) is 20.0 Å². The highest BCUT2D eigenvalue weighted by Gasteiger charge is 2.18. The van der Waals surface area contributed by atoms with Gasteiger partial charge in [0.15, 0.2) is 5.82 Å². The third kappa shape index (κ3) is 0.917. The van der Waals surface area contributed by atoms with Crippen LogP contribution in [0.5, 0.6) is 0 Å². The van der Waals surface area contributed by atoms with Crippen molar-refractivity contribution >= 4 is 17.7 Å². The molecule has 62 valence electrons. The topological polar surface area (TPSA) is 50.5 Å². The molecule has 0 fully saturated rings. The summed E-state index contributed by atoms with van der Waals surface area (Å²) in [6, 6.07) is 0. The van der Waals surface area contributed by atoms with E-state index in [4.69, 9.17) is 0 Å². The van der Waals surface area contributed by atoms with Crippen LogP contribution in [-0.2, 0) is 6.42 Å². The fourth-order valence-electron chi connectivity index (χ4n) is 1.48. The van der Waals surface area contributed by atoms with Gasteiger partial charge in [-0.25, -0.2) is 15.0 Å². The molecule has 0 saturated carbocycles. The lowest BCUT2D eigenvalue weighted by atomic mass is 10.0. The molecule has 4 heteroatoms. The van der Waals surface area contributed by atoms with Crippen LogP contribution in [0.15, 0.2) is 34.3 Å². The molecule has 2 aliphatic rings. The molecule has 0 aromatic carbocycles. The Bertz CT molecular complexity index is 456. The maximum absolute atomic E-state index is 4.36. The summed E-state index contributed by atoms with van der Waals surface area (Å²) in [5.41, 5.74) is 3.16. The van der Waals surface area contributed by atoms with Crippen molar-refractivity contribution in [1.82, 2.24) is 9.97 Å². The average molecular weight is 170 g/mol. The summed E-state index contributed by atoms with van der Waals surface area (Å²) in [7, 11) is 0. The second kappa shape index (κ2) is 2.32. The van der Waals surface area contributed by atoms with Crippen molar-refractivity contribution in [2.45, 2.75) is 6.42 Å². The quantitative estimate of drug-likeness (QED) is 0.584. The Labute approximate surface area is 74.8 Å². The number of fused-ring (bicyclic) bond motifs is 2. The Kier molecular flexibility index (Phi) is 1.19. The molecule has 2 aliphatic heterocycles. The van der Waals surface area contributed by atoms with E-state index in [1.54, 1.807) is 6.21 Å². The summed E-state index contributed by atoms with van der Waals surface area (Å²) in [6.45, 7) is 0. The molecule has 0 aliphatic carbocycles. The van der Waals surface area contributed by atoms with Gasteiger partial charge in [0, 0.05) is 30.0 Å². The number of hydrogen-bond acceptors (Lipinski definition) is 4. The minimum absolute atomic E-state index is 0.774. The van der Waals surface area contributed by atoms with Crippen molar-refractivity contribution in [2.24, 2.45) is 9.98 Å². The van der Waals surface area contributed by atoms with Gasteiger partial charge in [-0.2, -0.15) is 0 Å². The third-order valence-corrected chi connectivity index (χ3v) is 2.13. The summed E-state index contributed by atoms with van der Waals surface area (Å²) >= 11 is 0.